The Morgan fingerprint density at radius 2 is 2.00 bits per heavy atom. The topological polar surface area (TPSA) is 66.8 Å². The van der Waals surface area contributed by atoms with Crippen LogP contribution in [0.2, 0.25) is 0 Å². The number of rotatable bonds is 5. The number of aliphatic hydroxyl groups is 1. The van der Waals surface area contributed by atoms with Crippen LogP contribution >= 0.6 is 0 Å². The van der Waals surface area contributed by atoms with Crippen molar-refractivity contribution in [1.29, 1.82) is 0 Å². The van der Waals surface area contributed by atoms with Crippen molar-refractivity contribution in [2.75, 3.05) is 0 Å². The van der Waals surface area contributed by atoms with Gasteiger partial charge in [0.05, 0.1) is 12.2 Å². The van der Waals surface area contributed by atoms with E-state index in [4.69, 9.17) is 14.9 Å². The highest BCUT2D eigenvalue weighted by Gasteiger charge is 2.11. The quantitative estimate of drug-likeness (QED) is 0.881. The molecule has 4 nitrogen and oxygen atoms in total. The molecule has 0 fully saturated rings. The highest BCUT2D eigenvalue weighted by atomic mass is 19.1. The molecule has 0 saturated heterocycles. The van der Waals surface area contributed by atoms with Gasteiger partial charge in [-0.3, -0.25) is 0 Å². The van der Waals surface area contributed by atoms with Crippen molar-refractivity contribution in [2.24, 2.45) is 0 Å². The summed E-state index contributed by atoms with van der Waals surface area (Å²) in [4.78, 5) is 11.0. The van der Waals surface area contributed by atoms with E-state index in [1.165, 1.54) is 12.1 Å². The molecular formula is C15H13FO4. The number of ether oxygens (including phenoxy) is 1. The molecule has 0 aromatic heterocycles. The van der Waals surface area contributed by atoms with Gasteiger partial charge < -0.3 is 14.9 Å². The Labute approximate surface area is 115 Å². The maximum Gasteiger partial charge on any atom is 0.336 e. The second kappa shape index (κ2) is 6.16. The van der Waals surface area contributed by atoms with Crippen LogP contribution in [-0.2, 0) is 13.2 Å². The summed E-state index contributed by atoms with van der Waals surface area (Å²) in [5.41, 5.74) is 0.955. The van der Waals surface area contributed by atoms with Gasteiger partial charge in [-0.25, -0.2) is 9.18 Å². The Hall–Kier alpha value is -2.40. The van der Waals surface area contributed by atoms with Crippen LogP contribution in [0.4, 0.5) is 4.39 Å². The predicted molar refractivity (Wildman–Crippen MR) is 70.1 cm³/mol. The molecule has 0 aliphatic rings. The van der Waals surface area contributed by atoms with Crippen molar-refractivity contribution in [1.82, 2.24) is 0 Å². The van der Waals surface area contributed by atoms with Crippen molar-refractivity contribution in [3.05, 3.63) is 65.0 Å². The van der Waals surface area contributed by atoms with E-state index < -0.39 is 11.8 Å². The molecule has 0 amide bonds. The lowest BCUT2D eigenvalue weighted by atomic mass is 10.1. The molecule has 0 heterocycles. The predicted octanol–water partition coefficient (Wildman–Crippen LogP) is 2.60. The Kier molecular flexibility index (Phi) is 4.32. The van der Waals surface area contributed by atoms with Crippen LogP contribution in [0.3, 0.4) is 0 Å². The molecule has 0 unspecified atom stereocenters. The average Bonchev–Trinajstić information content (AvgIpc) is 2.46. The molecule has 2 N–H and O–H groups in total. The highest BCUT2D eigenvalue weighted by Crippen LogP contribution is 2.17. The van der Waals surface area contributed by atoms with Gasteiger partial charge in [-0.15, -0.1) is 0 Å². The third-order valence-electron chi connectivity index (χ3n) is 2.78. The largest absolute Gasteiger partial charge is 0.489 e. The molecule has 2 rings (SSSR count). The first-order chi connectivity index (χ1) is 9.60. The normalized spacial score (nSPS) is 10.3. The first-order valence-electron chi connectivity index (χ1n) is 5.94. The van der Waals surface area contributed by atoms with Crippen LogP contribution in [0.25, 0.3) is 0 Å². The molecule has 0 bridgehead atoms. The number of hydrogen-bond donors (Lipinski definition) is 2. The van der Waals surface area contributed by atoms with Gasteiger partial charge in [0.25, 0.3) is 0 Å². The summed E-state index contributed by atoms with van der Waals surface area (Å²) >= 11 is 0. The molecule has 2 aromatic carbocycles. The van der Waals surface area contributed by atoms with Crippen LogP contribution < -0.4 is 4.74 Å². The average molecular weight is 276 g/mol. The fraction of sp³-hybridized carbons (Fsp3) is 0.133. The first kappa shape index (κ1) is 14.0. The molecule has 20 heavy (non-hydrogen) atoms. The summed E-state index contributed by atoms with van der Waals surface area (Å²) in [5.74, 6) is -1.29. The zero-order chi connectivity index (χ0) is 14.5. The van der Waals surface area contributed by atoms with Gasteiger partial charge >= 0.3 is 5.97 Å². The number of hydrogen-bond acceptors (Lipinski definition) is 3. The maximum atomic E-state index is 13.0. The Morgan fingerprint density at radius 3 is 2.70 bits per heavy atom. The van der Waals surface area contributed by atoms with Crippen molar-refractivity contribution in [2.45, 2.75) is 13.2 Å². The van der Waals surface area contributed by atoms with E-state index in [-0.39, 0.29) is 18.8 Å². The summed E-state index contributed by atoms with van der Waals surface area (Å²) < 4.78 is 18.5. The van der Waals surface area contributed by atoms with Gasteiger partial charge in [-0.2, -0.15) is 0 Å². The van der Waals surface area contributed by atoms with E-state index in [0.717, 1.165) is 6.07 Å². The van der Waals surface area contributed by atoms with Gasteiger partial charge in [0.1, 0.15) is 18.2 Å². The second-order valence-corrected chi connectivity index (χ2v) is 4.20. The minimum atomic E-state index is -1.20. The number of halogens is 1. The van der Waals surface area contributed by atoms with Gasteiger partial charge in [-0.1, -0.05) is 18.2 Å². The Morgan fingerprint density at radius 1 is 1.20 bits per heavy atom. The maximum absolute atomic E-state index is 13.0. The van der Waals surface area contributed by atoms with Crippen LogP contribution in [0, 0.1) is 5.82 Å². The monoisotopic (exact) mass is 276 g/mol. The minimum Gasteiger partial charge on any atom is -0.489 e. The molecule has 0 spiro atoms. The molecule has 104 valence electrons. The number of carboxylic acids is 1. The molecule has 2 aromatic rings. The molecule has 0 aliphatic carbocycles. The van der Waals surface area contributed by atoms with Crippen LogP contribution in [0.5, 0.6) is 5.75 Å². The van der Waals surface area contributed by atoms with Gasteiger partial charge in [0, 0.05) is 5.56 Å². The number of aliphatic hydroxyl groups excluding tert-OH is 1. The summed E-state index contributed by atoms with van der Waals surface area (Å²) in [6.45, 7) is -0.0923. The number of carboxylic acid groups (broad SMARTS) is 1. The van der Waals surface area contributed by atoms with Gasteiger partial charge in [-0.05, 0) is 29.8 Å². The van der Waals surface area contributed by atoms with Crippen molar-refractivity contribution in [3.63, 3.8) is 0 Å². The van der Waals surface area contributed by atoms with Gasteiger partial charge in [0.2, 0.25) is 0 Å². The molecular weight excluding hydrogens is 263 g/mol. The lowest BCUT2D eigenvalue weighted by Gasteiger charge is -2.09. The van der Waals surface area contributed by atoms with Crippen LogP contribution in [-0.4, -0.2) is 16.2 Å². The van der Waals surface area contributed by atoms with Crippen molar-refractivity contribution in [3.8, 4) is 5.75 Å². The third kappa shape index (κ3) is 3.33. The van der Waals surface area contributed by atoms with Crippen LogP contribution in [0.1, 0.15) is 21.5 Å². The van der Waals surface area contributed by atoms with Crippen molar-refractivity contribution < 1.29 is 24.1 Å². The smallest absolute Gasteiger partial charge is 0.336 e. The van der Waals surface area contributed by atoms with E-state index in [1.807, 2.05) is 0 Å². The van der Waals surface area contributed by atoms with E-state index in [0.29, 0.717) is 16.9 Å². The van der Waals surface area contributed by atoms with E-state index in [9.17, 15) is 9.18 Å². The van der Waals surface area contributed by atoms with Crippen LogP contribution in [0.15, 0.2) is 42.5 Å². The Bertz CT molecular complexity index is 625. The number of aromatic carboxylic acids is 1. The lowest BCUT2D eigenvalue weighted by molar-refractivity contribution is 0.0693. The summed E-state index contributed by atoms with van der Waals surface area (Å²) in [6, 6.07) is 10.4. The second-order valence-electron chi connectivity index (χ2n) is 4.20. The number of benzene rings is 2. The highest BCUT2D eigenvalue weighted by molar-refractivity contribution is 5.89. The van der Waals surface area contributed by atoms with E-state index >= 15 is 0 Å². The number of carbonyl (C=O) groups is 1. The fourth-order valence-electron chi connectivity index (χ4n) is 1.77. The zero-order valence-corrected chi connectivity index (χ0v) is 10.5. The molecule has 0 atom stereocenters. The molecule has 0 aliphatic heterocycles. The molecule has 5 heteroatoms. The lowest BCUT2D eigenvalue weighted by Crippen LogP contribution is -2.06. The third-order valence-corrected chi connectivity index (χ3v) is 2.78. The van der Waals surface area contributed by atoms with E-state index in [2.05, 4.69) is 0 Å². The SMILES string of the molecule is O=C(O)c1cc(F)ccc1COc1cccc(CO)c1. The molecule has 0 saturated carbocycles. The first-order valence-corrected chi connectivity index (χ1v) is 5.94. The standard InChI is InChI=1S/C15H13FO4/c16-12-5-4-11(14(7-12)15(18)19)9-20-13-3-1-2-10(6-13)8-17/h1-7,17H,8-9H2,(H,18,19). The fourth-order valence-corrected chi connectivity index (χ4v) is 1.77. The zero-order valence-electron chi connectivity index (χ0n) is 10.5. The Balaban J connectivity index is 2.16. The van der Waals surface area contributed by atoms with E-state index in [1.54, 1.807) is 24.3 Å². The van der Waals surface area contributed by atoms with Crippen molar-refractivity contribution >= 4 is 5.97 Å². The summed E-state index contributed by atoms with van der Waals surface area (Å²) in [7, 11) is 0. The van der Waals surface area contributed by atoms with Gasteiger partial charge in [0.15, 0.2) is 0 Å². The summed E-state index contributed by atoms with van der Waals surface area (Å²) in [6.07, 6.45) is 0. The molecule has 0 radical (unpaired) electrons. The summed E-state index contributed by atoms with van der Waals surface area (Å²) in [5, 5.41) is 18.0. The minimum absolute atomic E-state index is 0.0107.